The lowest BCUT2D eigenvalue weighted by molar-refractivity contribution is -0.122. The fourth-order valence-electron chi connectivity index (χ4n) is 2.57. The van der Waals surface area contributed by atoms with Crippen molar-refractivity contribution in [3.8, 4) is 5.69 Å². The molecular weight excluding hydrogens is 318 g/mol. The van der Waals surface area contributed by atoms with Gasteiger partial charge >= 0.3 is 0 Å². The minimum absolute atomic E-state index is 0.127. The van der Waals surface area contributed by atoms with Crippen LogP contribution in [-0.2, 0) is 9.59 Å². The van der Waals surface area contributed by atoms with Crippen LogP contribution in [0.4, 0.5) is 5.69 Å². The summed E-state index contributed by atoms with van der Waals surface area (Å²) < 4.78 is 1.82. The van der Waals surface area contributed by atoms with Crippen molar-refractivity contribution in [2.45, 2.75) is 20.8 Å². The van der Waals surface area contributed by atoms with Gasteiger partial charge in [-0.15, -0.1) is 0 Å². The Kier molecular flexibility index (Phi) is 5.93. The normalized spacial score (nSPS) is 10.8. The molecular formula is C18H25N5O2. The second-order valence-corrected chi connectivity index (χ2v) is 6.19. The van der Waals surface area contributed by atoms with E-state index in [0.29, 0.717) is 5.69 Å². The van der Waals surface area contributed by atoms with Gasteiger partial charge in [0.25, 0.3) is 0 Å². The Balaban J connectivity index is 2.11. The van der Waals surface area contributed by atoms with E-state index in [1.54, 1.807) is 19.0 Å². The van der Waals surface area contributed by atoms with Crippen LogP contribution in [0.15, 0.2) is 24.3 Å². The van der Waals surface area contributed by atoms with Gasteiger partial charge in [-0.3, -0.25) is 14.5 Å². The molecule has 2 rings (SSSR count). The van der Waals surface area contributed by atoms with Gasteiger partial charge in [-0.25, -0.2) is 4.68 Å². The summed E-state index contributed by atoms with van der Waals surface area (Å²) >= 11 is 0. The number of carbonyl (C=O) groups excluding carboxylic acids is 2. The molecule has 1 heterocycles. The van der Waals surface area contributed by atoms with Crippen LogP contribution in [0.5, 0.6) is 0 Å². The van der Waals surface area contributed by atoms with Gasteiger partial charge in [0.05, 0.1) is 35.9 Å². The summed E-state index contributed by atoms with van der Waals surface area (Å²) in [5.41, 5.74) is 4.45. The fourth-order valence-corrected chi connectivity index (χ4v) is 2.57. The van der Waals surface area contributed by atoms with Crippen LogP contribution < -0.4 is 10.6 Å². The predicted octanol–water partition coefficient (Wildman–Crippen LogP) is 1.41. The number of anilines is 1. The maximum Gasteiger partial charge on any atom is 0.238 e. The molecule has 2 aromatic rings. The third kappa shape index (κ3) is 4.67. The van der Waals surface area contributed by atoms with Gasteiger partial charge in [-0.1, -0.05) is 17.7 Å². The number of nitrogens with one attached hydrogen (secondary N) is 2. The monoisotopic (exact) mass is 343 g/mol. The van der Waals surface area contributed by atoms with Crippen LogP contribution in [0.25, 0.3) is 5.69 Å². The molecule has 0 spiro atoms. The third-order valence-corrected chi connectivity index (χ3v) is 3.94. The number of rotatable bonds is 6. The van der Waals surface area contributed by atoms with Crippen LogP contribution in [0.3, 0.4) is 0 Å². The van der Waals surface area contributed by atoms with E-state index in [1.807, 2.05) is 49.7 Å². The smallest absolute Gasteiger partial charge is 0.238 e. The second kappa shape index (κ2) is 7.94. The molecule has 0 saturated carbocycles. The van der Waals surface area contributed by atoms with Crippen LogP contribution in [0, 0.1) is 20.8 Å². The van der Waals surface area contributed by atoms with Crippen molar-refractivity contribution >= 4 is 17.5 Å². The SMILES string of the molecule is CNC(=O)CN(C)CC(=O)Nc1c(C)nn(-c2ccc(C)cc2)c1C. The van der Waals surface area contributed by atoms with Gasteiger partial charge in [0.15, 0.2) is 0 Å². The van der Waals surface area contributed by atoms with E-state index in [2.05, 4.69) is 15.7 Å². The Labute approximate surface area is 148 Å². The van der Waals surface area contributed by atoms with E-state index in [9.17, 15) is 9.59 Å². The van der Waals surface area contributed by atoms with Gasteiger partial charge in [0.2, 0.25) is 11.8 Å². The van der Waals surface area contributed by atoms with E-state index in [1.165, 1.54) is 5.56 Å². The number of amides is 2. The Morgan fingerprint density at radius 1 is 1.08 bits per heavy atom. The highest BCUT2D eigenvalue weighted by Gasteiger charge is 2.16. The minimum Gasteiger partial charge on any atom is -0.358 e. The standard InChI is InChI=1S/C18H25N5O2/c1-12-6-8-15(9-7-12)23-14(3)18(13(2)21-23)20-17(25)11-22(5)10-16(24)19-4/h6-9H,10-11H2,1-5H3,(H,19,24)(H,20,25). The zero-order chi connectivity index (χ0) is 18.6. The van der Waals surface area contributed by atoms with Crippen molar-refractivity contribution in [3.63, 3.8) is 0 Å². The van der Waals surface area contributed by atoms with E-state index in [0.717, 1.165) is 17.1 Å². The van der Waals surface area contributed by atoms with E-state index < -0.39 is 0 Å². The lowest BCUT2D eigenvalue weighted by atomic mass is 10.2. The van der Waals surface area contributed by atoms with Crippen molar-refractivity contribution < 1.29 is 9.59 Å². The Bertz CT molecular complexity index is 765. The number of hydrogen-bond donors (Lipinski definition) is 2. The van der Waals surface area contributed by atoms with Gasteiger partial charge in [-0.2, -0.15) is 5.10 Å². The highest BCUT2D eigenvalue weighted by atomic mass is 16.2. The van der Waals surface area contributed by atoms with Gasteiger partial charge in [-0.05, 0) is 40.0 Å². The molecule has 0 aliphatic heterocycles. The van der Waals surface area contributed by atoms with Crippen molar-refractivity contribution in [2.75, 3.05) is 32.5 Å². The van der Waals surface area contributed by atoms with Crippen LogP contribution in [0.2, 0.25) is 0 Å². The predicted molar refractivity (Wildman–Crippen MR) is 98.0 cm³/mol. The Morgan fingerprint density at radius 3 is 2.28 bits per heavy atom. The zero-order valence-electron chi connectivity index (χ0n) is 15.4. The van der Waals surface area contributed by atoms with Crippen molar-refractivity contribution in [3.05, 3.63) is 41.2 Å². The average Bonchev–Trinajstić information content (AvgIpc) is 2.83. The van der Waals surface area contributed by atoms with E-state index in [4.69, 9.17) is 0 Å². The number of nitrogens with zero attached hydrogens (tertiary/aromatic N) is 3. The Hall–Kier alpha value is -2.67. The van der Waals surface area contributed by atoms with Crippen LogP contribution in [0.1, 0.15) is 17.0 Å². The first kappa shape index (κ1) is 18.7. The van der Waals surface area contributed by atoms with Crippen molar-refractivity contribution in [1.82, 2.24) is 20.0 Å². The van der Waals surface area contributed by atoms with Gasteiger partial charge in [0.1, 0.15) is 0 Å². The zero-order valence-corrected chi connectivity index (χ0v) is 15.4. The summed E-state index contributed by atoms with van der Waals surface area (Å²) in [5.74, 6) is -0.309. The first-order valence-electron chi connectivity index (χ1n) is 8.14. The summed E-state index contributed by atoms with van der Waals surface area (Å²) in [6, 6.07) is 8.05. The topological polar surface area (TPSA) is 79.3 Å². The molecule has 0 aliphatic rings. The molecule has 7 heteroatoms. The quantitative estimate of drug-likeness (QED) is 0.831. The number of aromatic nitrogens is 2. The summed E-state index contributed by atoms with van der Waals surface area (Å²) in [6.07, 6.45) is 0. The first-order chi connectivity index (χ1) is 11.8. The largest absolute Gasteiger partial charge is 0.358 e. The molecule has 0 radical (unpaired) electrons. The van der Waals surface area contributed by atoms with Gasteiger partial charge < -0.3 is 10.6 Å². The molecule has 2 N–H and O–H groups in total. The molecule has 0 saturated heterocycles. The molecule has 1 aromatic carbocycles. The fraction of sp³-hybridized carbons (Fsp3) is 0.389. The molecule has 0 aliphatic carbocycles. The lowest BCUT2D eigenvalue weighted by Crippen LogP contribution is -2.37. The third-order valence-electron chi connectivity index (χ3n) is 3.94. The van der Waals surface area contributed by atoms with Gasteiger partial charge in [0, 0.05) is 7.05 Å². The van der Waals surface area contributed by atoms with Crippen LogP contribution >= 0.6 is 0 Å². The maximum absolute atomic E-state index is 12.3. The van der Waals surface area contributed by atoms with E-state index in [-0.39, 0.29) is 24.9 Å². The highest BCUT2D eigenvalue weighted by molar-refractivity contribution is 5.93. The summed E-state index contributed by atoms with van der Waals surface area (Å²) in [6.45, 7) is 6.11. The molecule has 25 heavy (non-hydrogen) atoms. The second-order valence-electron chi connectivity index (χ2n) is 6.19. The summed E-state index contributed by atoms with van der Waals surface area (Å²) in [7, 11) is 3.30. The number of carbonyl (C=O) groups is 2. The lowest BCUT2D eigenvalue weighted by Gasteiger charge is -2.15. The first-order valence-corrected chi connectivity index (χ1v) is 8.14. The maximum atomic E-state index is 12.3. The molecule has 1 aromatic heterocycles. The molecule has 0 bridgehead atoms. The molecule has 0 fully saturated rings. The molecule has 134 valence electrons. The van der Waals surface area contributed by atoms with E-state index >= 15 is 0 Å². The molecule has 2 amide bonds. The number of likely N-dealkylation sites (N-methyl/N-ethyl adjacent to an activating group) is 2. The highest BCUT2D eigenvalue weighted by Crippen LogP contribution is 2.23. The van der Waals surface area contributed by atoms with Crippen LogP contribution in [-0.4, -0.2) is 53.7 Å². The number of hydrogen-bond acceptors (Lipinski definition) is 4. The Morgan fingerprint density at radius 2 is 1.68 bits per heavy atom. The number of benzene rings is 1. The molecule has 0 unspecified atom stereocenters. The van der Waals surface area contributed by atoms with Crippen molar-refractivity contribution in [2.24, 2.45) is 0 Å². The minimum atomic E-state index is -0.180. The molecule has 0 atom stereocenters. The van der Waals surface area contributed by atoms with Crippen molar-refractivity contribution in [1.29, 1.82) is 0 Å². The summed E-state index contributed by atoms with van der Waals surface area (Å²) in [5, 5.41) is 9.97. The number of aryl methyl sites for hydroxylation is 2. The average molecular weight is 343 g/mol. The summed E-state index contributed by atoms with van der Waals surface area (Å²) in [4.78, 5) is 25.3. The molecule has 7 nitrogen and oxygen atoms in total.